The summed E-state index contributed by atoms with van der Waals surface area (Å²) in [6.07, 6.45) is 5.59. The van der Waals surface area contributed by atoms with Crippen LogP contribution >= 0.6 is 0 Å². The molecule has 2 aromatic carbocycles. The van der Waals surface area contributed by atoms with Crippen molar-refractivity contribution in [3.63, 3.8) is 0 Å². The van der Waals surface area contributed by atoms with Crippen molar-refractivity contribution in [1.29, 1.82) is 0 Å². The Morgan fingerprint density at radius 1 is 0.897 bits per heavy atom. The van der Waals surface area contributed by atoms with Gasteiger partial charge in [0.25, 0.3) is 0 Å². The minimum absolute atomic E-state index is 0. The Hall–Kier alpha value is -1.58. The monoisotopic (exact) mass is 567 g/mol. The van der Waals surface area contributed by atoms with Crippen LogP contribution in [0.15, 0.2) is 48.7 Å². The van der Waals surface area contributed by atoms with E-state index in [-0.39, 0.29) is 38.2 Å². The molecule has 1 aromatic heterocycles. The zero-order valence-corrected chi connectivity index (χ0v) is 19.3. The van der Waals surface area contributed by atoms with E-state index in [1.165, 1.54) is 16.3 Å². The van der Waals surface area contributed by atoms with Gasteiger partial charge in [-0.1, -0.05) is 44.2 Å². The van der Waals surface area contributed by atoms with E-state index >= 15 is 0 Å². The quantitative estimate of drug-likeness (QED) is 0.415. The Morgan fingerprint density at radius 2 is 1.55 bits per heavy atom. The van der Waals surface area contributed by atoms with Crippen LogP contribution in [0.25, 0.3) is 22.0 Å². The SMILES string of the molecule is Cc1[c-]c(-c2cc3ccccc3cn2)cc(C)c1.OC1CCC2CCC(O)C12.[Ir]. The van der Waals surface area contributed by atoms with Crippen molar-refractivity contribution in [3.05, 3.63) is 65.9 Å². The summed E-state index contributed by atoms with van der Waals surface area (Å²) >= 11 is 0. The van der Waals surface area contributed by atoms with Crippen molar-refractivity contribution in [2.45, 2.75) is 51.7 Å². The summed E-state index contributed by atoms with van der Waals surface area (Å²) in [5, 5.41) is 21.2. The van der Waals surface area contributed by atoms with E-state index in [0.29, 0.717) is 5.92 Å². The molecule has 3 nitrogen and oxygen atoms in total. The number of aromatic nitrogens is 1. The Balaban J connectivity index is 0.000000186. The van der Waals surface area contributed by atoms with Gasteiger partial charge < -0.3 is 15.2 Å². The van der Waals surface area contributed by atoms with E-state index in [9.17, 15) is 10.2 Å². The van der Waals surface area contributed by atoms with Crippen molar-refractivity contribution in [3.8, 4) is 11.3 Å². The summed E-state index contributed by atoms with van der Waals surface area (Å²) < 4.78 is 0. The molecular weight excluding hydrogens is 538 g/mol. The normalized spacial score (nSPS) is 25.1. The maximum Gasteiger partial charge on any atom is 0.0595 e. The second-order valence-electron chi connectivity index (χ2n) is 8.30. The average molecular weight is 567 g/mol. The zero-order valence-electron chi connectivity index (χ0n) is 16.9. The molecule has 2 aliphatic carbocycles. The number of hydrogen-bond donors (Lipinski definition) is 2. The summed E-state index contributed by atoms with van der Waals surface area (Å²) in [6, 6.07) is 18.0. The summed E-state index contributed by atoms with van der Waals surface area (Å²) in [5.74, 6) is 0.852. The van der Waals surface area contributed by atoms with Gasteiger partial charge in [0, 0.05) is 32.2 Å². The molecule has 2 saturated carbocycles. The van der Waals surface area contributed by atoms with Crippen molar-refractivity contribution >= 4 is 10.8 Å². The number of hydrogen-bond acceptors (Lipinski definition) is 3. The van der Waals surface area contributed by atoms with Gasteiger partial charge >= 0.3 is 0 Å². The van der Waals surface area contributed by atoms with Crippen molar-refractivity contribution in [1.82, 2.24) is 4.98 Å². The van der Waals surface area contributed by atoms with Gasteiger partial charge in [0.2, 0.25) is 0 Å². The molecule has 0 aliphatic heterocycles. The number of aliphatic hydroxyl groups excluding tert-OH is 2. The van der Waals surface area contributed by atoms with E-state index in [2.05, 4.69) is 61.3 Å². The van der Waals surface area contributed by atoms with Crippen LogP contribution in [0.1, 0.15) is 36.8 Å². The van der Waals surface area contributed by atoms with Gasteiger partial charge in [0.1, 0.15) is 0 Å². The minimum atomic E-state index is -0.206. The molecule has 2 fully saturated rings. The molecular formula is C25H28IrNO2-. The van der Waals surface area contributed by atoms with Crippen molar-refractivity contribution < 1.29 is 30.3 Å². The first-order valence-corrected chi connectivity index (χ1v) is 10.2. The third kappa shape index (κ3) is 4.95. The molecule has 0 bridgehead atoms. The number of rotatable bonds is 1. The van der Waals surface area contributed by atoms with Gasteiger partial charge in [-0.3, -0.25) is 0 Å². The van der Waals surface area contributed by atoms with Crippen molar-refractivity contribution in [2.24, 2.45) is 11.8 Å². The molecule has 1 radical (unpaired) electrons. The first kappa shape index (κ1) is 22.1. The van der Waals surface area contributed by atoms with E-state index in [1.54, 1.807) is 0 Å². The van der Waals surface area contributed by atoms with E-state index in [1.807, 2.05) is 12.3 Å². The number of aryl methyl sites for hydroxylation is 2. The summed E-state index contributed by atoms with van der Waals surface area (Å²) in [7, 11) is 0. The number of fused-ring (bicyclic) bond motifs is 2. The molecule has 2 unspecified atom stereocenters. The van der Waals surface area contributed by atoms with Gasteiger partial charge in [-0.05, 0) is 48.1 Å². The summed E-state index contributed by atoms with van der Waals surface area (Å²) in [6.45, 7) is 4.17. The number of nitrogens with zero attached hydrogens (tertiary/aromatic N) is 1. The molecule has 3 aromatic rings. The van der Waals surface area contributed by atoms with Crippen LogP contribution < -0.4 is 0 Å². The molecule has 4 heteroatoms. The first-order chi connectivity index (χ1) is 13.5. The standard InChI is InChI=1S/C17H14N.C8H14O2.Ir/c1-12-7-13(2)9-16(8-12)17-10-14-5-3-4-6-15(14)11-18-17;9-6-3-1-5-2-4-7(10)8(5)6;/h3-8,10-11H,1-2H3;5-10H,1-4H2;/q-1;;. The van der Waals surface area contributed by atoms with E-state index in [0.717, 1.165) is 42.5 Å². The van der Waals surface area contributed by atoms with Crippen LogP contribution in [0.5, 0.6) is 0 Å². The fourth-order valence-corrected chi connectivity index (χ4v) is 4.83. The Morgan fingerprint density at radius 3 is 2.17 bits per heavy atom. The fraction of sp³-hybridized carbons (Fsp3) is 0.400. The van der Waals surface area contributed by atoms with Gasteiger partial charge in [0.05, 0.1) is 12.2 Å². The third-order valence-corrected chi connectivity index (χ3v) is 6.15. The zero-order chi connectivity index (χ0) is 19.7. The van der Waals surface area contributed by atoms with E-state index < -0.39 is 0 Å². The molecule has 2 N–H and O–H groups in total. The van der Waals surface area contributed by atoms with Crippen LogP contribution in [-0.4, -0.2) is 27.4 Å². The molecule has 155 valence electrons. The molecule has 29 heavy (non-hydrogen) atoms. The molecule has 1 heterocycles. The Labute approximate surface area is 186 Å². The number of benzene rings is 2. The third-order valence-electron chi connectivity index (χ3n) is 6.15. The van der Waals surface area contributed by atoms with Crippen LogP contribution in [0.4, 0.5) is 0 Å². The Kier molecular flexibility index (Phi) is 7.23. The molecule has 0 saturated heterocycles. The maximum atomic E-state index is 9.41. The van der Waals surface area contributed by atoms with Crippen LogP contribution in [0.2, 0.25) is 0 Å². The predicted octanol–water partition coefficient (Wildman–Crippen LogP) is 4.84. The van der Waals surface area contributed by atoms with Gasteiger partial charge in [-0.25, -0.2) is 0 Å². The molecule has 0 spiro atoms. The van der Waals surface area contributed by atoms with Crippen LogP contribution in [-0.2, 0) is 20.1 Å². The van der Waals surface area contributed by atoms with Crippen LogP contribution in [0, 0.1) is 31.7 Å². The first-order valence-electron chi connectivity index (χ1n) is 10.2. The molecule has 2 aliphatic rings. The smallest absolute Gasteiger partial charge is 0.0595 e. The van der Waals surface area contributed by atoms with Crippen molar-refractivity contribution in [2.75, 3.05) is 0 Å². The molecule has 0 amide bonds. The average Bonchev–Trinajstić information content (AvgIpc) is 3.24. The maximum absolute atomic E-state index is 9.41. The summed E-state index contributed by atoms with van der Waals surface area (Å²) in [4.78, 5) is 4.53. The number of aliphatic hydroxyl groups is 2. The molecule has 5 rings (SSSR count). The predicted molar refractivity (Wildman–Crippen MR) is 113 cm³/mol. The fourth-order valence-electron chi connectivity index (χ4n) is 4.83. The second-order valence-corrected chi connectivity index (χ2v) is 8.30. The largest absolute Gasteiger partial charge is 0.393 e. The summed E-state index contributed by atoms with van der Waals surface area (Å²) in [5.41, 5.74) is 4.45. The van der Waals surface area contributed by atoms with Gasteiger partial charge in [0.15, 0.2) is 0 Å². The minimum Gasteiger partial charge on any atom is -0.393 e. The number of pyridine rings is 1. The topological polar surface area (TPSA) is 53.4 Å². The van der Waals surface area contributed by atoms with E-state index in [4.69, 9.17) is 0 Å². The van der Waals surface area contributed by atoms with Gasteiger partial charge in [-0.2, -0.15) is 0 Å². The second kappa shape index (κ2) is 9.49. The molecule has 2 atom stereocenters. The van der Waals surface area contributed by atoms with Gasteiger partial charge in [-0.15, -0.1) is 34.9 Å². The Bertz CT molecular complexity index is 940. The van der Waals surface area contributed by atoms with Crippen LogP contribution in [0.3, 0.4) is 0 Å².